The minimum Gasteiger partial charge on any atom is -0.454 e. The van der Waals surface area contributed by atoms with Gasteiger partial charge < -0.3 is 10.1 Å². The fraction of sp³-hybridized carbons (Fsp3) is 0.333. The molecule has 4 nitrogen and oxygen atoms in total. The summed E-state index contributed by atoms with van der Waals surface area (Å²) in [7, 11) is 0. The summed E-state index contributed by atoms with van der Waals surface area (Å²) >= 11 is 0. The molecule has 1 saturated carbocycles. The van der Waals surface area contributed by atoms with Crippen LogP contribution in [0.15, 0.2) is 48.5 Å². The summed E-state index contributed by atoms with van der Waals surface area (Å²) in [5, 5.41) is 3.10. The van der Waals surface area contributed by atoms with Gasteiger partial charge in [-0.25, -0.2) is 4.79 Å². The van der Waals surface area contributed by atoms with Gasteiger partial charge in [0.2, 0.25) is 0 Å². The van der Waals surface area contributed by atoms with E-state index in [0.29, 0.717) is 17.5 Å². The van der Waals surface area contributed by atoms with Crippen molar-refractivity contribution in [3.63, 3.8) is 0 Å². The summed E-state index contributed by atoms with van der Waals surface area (Å²) in [4.78, 5) is 24.8. The van der Waals surface area contributed by atoms with Crippen molar-refractivity contribution in [3.05, 3.63) is 70.8 Å². The van der Waals surface area contributed by atoms with Crippen molar-refractivity contribution in [1.82, 2.24) is 5.32 Å². The minimum atomic E-state index is -0.321. The lowest BCUT2D eigenvalue weighted by Gasteiger charge is -2.25. The molecule has 4 rings (SSSR count). The third-order valence-electron chi connectivity index (χ3n) is 5.10. The standard InChI is InChI=1S/C21H21NO3/c23-20(22-17-8-4-5-9-17)15-10-11-18-16(12-15)13-19(25-21(18)24)14-6-2-1-3-7-14/h1-3,6-7,10-12,17,19H,4-5,8-9,13H2,(H,22,23)/t19-/m1/s1. The molecule has 1 amide bonds. The number of amides is 1. The number of rotatable bonds is 3. The van der Waals surface area contributed by atoms with Crippen LogP contribution in [-0.2, 0) is 11.2 Å². The Kier molecular flexibility index (Phi) is 4.26. The van der Waals surface area contributed by atoms with Crippen LogP contribution in [0.25, 0.3) is 0 Å². The number of ether oxygens (including phenoxy) is 1. The number of fused-ring (bicyclic) bond motifs is 1. The third kappa shape index (κ3) is 3.29. The van der Waals surface area contributed by atoms with E-state index in [1.807, 2.05) is 36.4 Å². The Morgan fingerprint density at radius 3 is 2.56 bits per heavy atom. The molecule has 1 aliphatic carbocycles. The van der Waals surface area contributed by atoms with Crippen molar-refractivity contribution in [2.75, 3.05) is 0 Å². The van der Waals surface area contributed by atoms with Gasteiger partial charge in [-0.2, -0.15) is 0 Å². The van der Waals surface area contributed by atoms with E-state index >= 15 is 0 Å². The van der Waals surface area contributed by atoms with Crippen molar-refractivity contribution in [1.29, 1.82) is 0 Å². The first-order chi connectivity index (χ1) is 12.2. The first-order valence-electron chi connectivity index (χ1n) is 8.90. The Hall–Kier alpha value is -2.62. The number of hydrogen-bond donors (Lipinski definition) is 1. The van der Waals surface area contributed by atoms with Crippen LogP contribution in [-0.4, -0.2) is 17.9 Å². The fourth-order valence-corrected chi connectivity index (χ4v) is 3.73. The summed E-state index contributed by atoms with van der Waals surface area (Å²) < 4.78 is 5.57. The van der Waals surface area contributed by atoms with Gasteiger partial charge in [0.05, 0.1) is 5.56 Å². The molecule has 2 aliphatic rings. The van der Waals surface area contributed by atoms with Gasteiger partial charge in [0, 0.05) is 18.0 Å². The Bertz CT molecular complexity index is 794. The van der Waals surface area contributed by atoms with E-state index in [0.717, 1.165) is 24.0 Å². The summed E-state index contributed by atoms with van der Waals surface area (Å²) in [6, 6.07) is 15.3. The van der Waals surface area contributed by atoms with Crippen molar-refractivity contribution in [2.24, 2.45) is 0 Å². The van der Waals surface area contributed by atoms with Crippen LogP contribution >= 0.6 is 0 Å². The number of carbonyl (C=O) groups excluding carboxylic acids is 2. The number of benzene rings is 2. The minimum absolute atomic E-state index is 0.0510. The number of cyclic esters (lactones) is 1. The molecule has 0 radical (unpaired) electrons. The summed E-state index contributed by atoms with van der Waals surface area (Å²) in [6.45, 7) is 0. The highest BCUT2D eigenvalue weighted by Crippen LogP contribution is 2.31. The molecule has 1 heterocycles. The lowest BCUT2D eigenvalue weighted by molar-refractivity contribution is 0.0252. The van der Waals surface area contributed by atoms with Crippen LogP contribution in [0.5, 0.6) is 0 Å². The molecule has 0 unspecified atom stereocenters. The summed E-state index contributed by atoms with van der Waals surface area (Å²) in [5.74, 6) is -0.372. The summed E-state index contributed by atoms with van der Waals surface area (Å²) in [6.07, 6.45) is 4.77. The Morgan fingerprint density at radius 1 is 1.04 bits per heavy atom. The molecule has 128 valence electrons. The van der Waals surface area contributed by atoms with Gasteiger partial charge in [0.25, 0.3) is 5.91 Å². The predicted octanol–water partition coefficient (Wildman–Crippen LogP) is 3.81. The van der Waals surface area contributed by atoms with Gasteiger partial charge in [-0.05, 0) is 42.2 Å². The molecule has 0 spiro atoms. The maximum Gasteiger partial charge on any atom is 0.339 e. The molecule has 1 aliphatic heterocycles. The van der Waals surface area contributed by atoms with E-state index in [9.17, 15) is 9.59 Å². The molecule has 0 aromatic heterocycles. The Balaban J connectivity index is 1.56. The third-order valence-corrected chi connectivity index (χ3v) is 5.10. The van der Waals surface area contributed by atoms with E-state index in [1.165, 1.54) is 12.8 Å². The van der Waals surface area contributed by atoms with E-state index in [2.05, 4.69) is 5.32 Å². The van der Waals surface area contributed by atoms with Gasteiger partial charge in [-0.1, -0.05) is 43.2 Å². The van der Waals surface area contributed by atoms with Crippen molar-refractivity contribution in [3.8, 4) is 0 Å². The molecule has 25 heavy (non-hydrogen) atoms. The van der Waals surface area contributed by atoms with Crippen molar-refractivity contribution < 1.29 is 14.3 Å². The molecule has 2 aromatic rings. The highest BCUT2D eigenvalue weighted by molar-refractivity contribution is 5.98. The van der Waals surface area contributed by atoms with Gasteiger partial charge in [-0.3, -0.25) is 4.79 Å². The van der Waals surface area contributed by atoms with Crippen LogP contribution in [0.3, 0.4) is 0 Å². The molecule has 4 heteroatoms. The van der Waals surface area contributed by atoms with Gasteiger partial charge in [0.1, 0.15) is 6.10 Å². The molecular weight excluding hydrogens is 314 g/mol. The van der Waals surface area contributed by atoms with E-state index < -0.39 is 0 Å². The first-order valence-corrected chi connectivity index (χ1v) is 8.90. The average molecular weight is 335 g/mol. The molecule has 1 N–H and O–H groups in total. The zero-order valence-corrected chi connectivity index (χ0v) is 14.0. The Morgan fingerprint density at radius 2 is 1.80 bits per heavy atom. The zero-order chi connectivity index (χ0) is 17.2. The van der Waals surface area contributed by atoms with Crippen LogP contribution < -0.4 is 5.32 Å². The predicted molar refractivity (Wildman–Crippen MR) is 94.5 cm³/mol. The number of esters is 1. The molecule has 1 fully saturated rings. The van der Waals surface area contributed by atoms with Crippen LogP contribution in [0.4, 0.5) is 0 Å². The zero-order valence-electron chi connectivity index (χ0n) is 14.0. The van der Waals surface area contributed by atoms with Gasteiger partial charge in [-0.15, -0.1) is 0 Å². The quantitative estimate of drug-likeness (QED) is 0.868. The van der Waals surface area contributed by atoms with Gasteiger partial charge >= 0.3 is 5.97 Å². The van der Waals surface area contributed by atoms with Gasteiger partial charge in [0.15, 0.2) is 0 Å². The molecule has 2 aromatic carbocycles. The van der Waals surface area contributed by atoms with Crippen LogP contribution in [0.2, 0.25) is 0 Å². The number of nitrogens with one attached hydrogen (secondary N) is 1. The normalized spacial score (nSPS) is 20.0. The highest BCUT2D eigenvalue weighted by atomic mass is 16.5. The number of hydrogen-bond acceptors (Lipinski definition) is 3. The molecular formula is C21H21NO3. The Labute approximate surface area is 147 Å². The largest absolute Gasteiger partial charge is 0.454 e. The maximum atomic E-state index is 12.5. The second-order valence-corrected chi connectivity index (χ2v) is 6.84. The SMILES string of the molecule is O=C(NC1CCCC1)c1ccc2c(c1)C[C@H](c1ccccc1)OC2=O. The van der Waals surface area contributed by atoms with Crippen molar-refractivity contribution in [2.45, 2.75) is 44.2 Å². The highest BCUT2D eigenvalue weighted by Gasteiger charge is 2.28. The topological polar surface area (TPSA) is 55.4 Å². The monoisotopic (exact) mass is 335 g/mol. The smallest absolute Gasteiger partial charge is 0.339 e. The lowest BCUT2D eigenvalue weighted by Crippen LogP contribution is -2.33. The molecule has 1 atom stereocenters. The molecule has 0 bridgehead atoms. The van der Waals surface area contributed by atoms with Crippen LogP contribution in [0, 0.1) is 0 Å². The summed E-state index contributed by atoms with van der Waals surface area (Å²) in [5.41, 5.74) is 3.03. The lowest BCUT2D eigenvalue weighted by atomic mass is 9.93. The first kappa shape index (κ1) is 15.9. The van der Waals surface area contributed by atoms with Crippen LogP contribution in [0.1, 0.15) is 63.6 Å². The second kappa shape index (κ2) is 6.71. The molecule has 0 saturated heterocycles. The fourth-order valence-electron chi connectivity index (χ4n) is 3.73. The average Bonchev–Trinajstić information content (AvgIpc) is 3.15. The second-order valence-electron chi connectivity index (χ2n) is 6.84. The van der Waals surface area contributed by atoms with Crippen molar-refractivity contribution >= 4 is 11.9 Å². The maximum absolute atomic E-state index is 12.5. The van der Waals surface area contributed by atoms with E-state index in [1.54, 1.807) is 12.1 Å². The van der Waals surface area contributed by atoms with E-state index in [4.69, 9.17) is 4.74 Å². The number of carbonyl (C=O) groups is 2. The van der Waals surface area contributed by atoms with E-state index in [-0.39, 0.29) is 24.0 Å².